The maximum Gasteiger partial charge on any atom is 0.317 e. The minimum Gasteiger partial charge on any atom is -0.497 e. The highest BCUT2D eigenvalue weighted by Gasteiger charge is 2.33. The summed E-state index contributed by atoms with van der Waals surface area (Å²) in [5, 5.41) is 2.93. The first-order valence-corrected chi connectivity index (χ1v) is 8.30. The number of amides is 4. The van der Waals surface area contributed by atoms with Crippen molar-refractivity contribution >= 4 is 24.0 Å². The maximum absolute atomic E-state index is 12.3. The molecule has 1 N–H and O–H groups in total. The normalized spacial score (nSPS) is 20.6. The summed E-state index contributed by atoms with van der Waals surface area (Å²) in [6.45, 7) is 2.54. The molecule has 2 fully saturated rings. The lowest BCUT2D eigenvalue weighted by Gasteiger charge is -2.33. The molecular weight excluding hydrogens is 324 g/mol. The van der Waals surface area contributed by atoms with Crippen molar-refractivity contribution in [3.05, 3.63) is 24.3 Å². The van der Waals surface area contributed by atoms with Crippen LogP contribution < -0.4 is 15.0 Å². The predicted molar refractivity (Wildman–Crippen MR) is 91.5 cm³/mol. The van der Waals surface area contributed by atoms with E-state index in [1.54, 1.807) is 33.9 Å². The van der Waals surface area contributed by atoms with Crippen LogP contribution in [0.5, 0.6) is 5.75 Å². The molecule has 0 saturated carbocycles. The zero-order chi connectivity index (χ0) is 17.8. The standard InChI is InChI=1S/C17H22N4O4/c1-25-15-4-2-14(3-5-15)21-11-13(10-16(21)23)18-17(24)20-8-6-19(12-22)7-9-20/h2-5,12-13H,6-11H2,1H3,(H,18,24). The van der Waals surface area contributed by atoms with Gasteiger partial charge in [-0.05, 0) is 24.3 Å². The fourth-order valence-electron chi connectivity index (χ4n) is 3.11. The molecule has 2 aliphatic heterocycles. The molecular formula is C17H22N4O4. The highest BCUT2D eigenvalue weighted by molar-refractivity contribution is 5.96. The number of hydrogen-bond acceptors (Lipinski definition) is 4. The third kappa shape index (κ3) is 3.84. The molecule has 0 spiro atoms. The van der Waals surface area contributed by atoms with Gasteiger partial charge in [0.2, 0.25) is 12.3 Å². The highest BCUT2D eigenvalue weighted by atomic mass is 16.5. The highest BCUT2D eigenvalue weighted by Crippen LogP contribution is 2.24. The van der Waals surface area contributed by atoms with Crippen LogP contribution in [0, 0.1) is 0 Å². The van der Waals surface area contributed by atoms with E-state index in [-0.39, 0.29) is 24.4 Å². The lowest BCUT2D eigenvalue weighted by atomic mass is 10.2. The molecule has 1 aromatic carbocycles. The molecule has 1 unspecified atom stereocenters. The topological polar surface area (TPSA) is 82.2 Å². The Morgan fingerprint density at radius 1 is 1.20 bits per heavy atom. The lowest BCUT2D eigenvalue weighted by molar-refractivity contribution is -0.119. The van der Waals surface area contributed by atoms with E-state index in [9.17, 15) is 14.4 Å². The van der Waals surface area contributed by atoms with Crippen LogP contribution in [-0.4, -0.2) is 74.0 Å². The van der Waals surface area contributed by atoms with Gasteiger partial charge >= 0.3 is 6.03 Å². The largest absolute Gasteiger partial charge is 0.497 e. The molecule has 0 bridgehead atoms. The number of methoxy groups -OCH3 is 1. The number of hydrogen-bond donors (Lipinski definition) is 1. The number of carbonyl (C=O) groups excluding carboxylic acids is 3. The summed E-state index contributed by atoms with van der Waals surface area (Å²) >= 11 is 0. The van der Waals surface area contributed by atoms with E-state index in [2.05, 4.69) is 5.32 Å². The molecule has 0 aromatic heterocycles. The van der Waals surface area contributed by atoms with Gasteiger partial charge in [-0.2, -0.15) is 0 Å². The van der Waals surface area contributed by atoms with E-state index in [1.807, 2.05) is 12.1 Å². The molecule has 25 heavy (non-hydrogen) atoms. The predicted octanol–water partition coefficient (Wildman–Crippen LogP) is 0.284. The number of ether oxygens (including phenoxy) is 1. The minimum absolute atomic E-state index is 0.0127. The average molecular weight is 346 g/mol. The summed E-state index contributed by atoms with van der Waals surface area (Å²) < 4.78 is 5.12. The quantitative estimate of drug-likeness (QED) is 0.794. The number of carbonyl (C=O) groups is 3. The number of piperazine rings is 1. The van der Waals surface area contributed by atoms with E-state index >= 15 is 0 Å². The Morgan fingerprint density at radius 3 is 2.48 bits per heavy atom. The van der Waals surface area contributed by atoms with Gasteiger partial charge in [0.1, 0.15) is 5.75 Å². The molecule has 8 heteroatoms. The smallest absolute Gasteiger partial charge is 0.317 e. The molecule has 0 aliphatic carbocycles. The Morgan fingerprint density at radius 2 is 1.88 bits per heavy atom. The molecule has 1 aromatic rings. The van der Waals surface area contributed by atoms with Gasteiger partial charge in [-0.25, -0.2) is 4.79 Å². The van der Waals surface area contributed by atoms with Gasteiger partial charge in [-0.1, -0.05) is 0 Å². The first-order valence-electron chi connectivity index (χ1n) is 8.30. The van der Waals surface area contributed by atoms with Crippen molar-refractivity contribution in [2.45, 2.75) is 12.5 Å². The zero-order valence-electron chi connectivity index (χ0n) is 14.2. The van der Waals surface area contributed by atoms with Crippen LogP contribution in [0.3, 0.4) is 0 Å². The van der Waals surface area contributed by atoms with Crippen molar-refractivity contribution in [3.63, 3.8) is 0 Å². The van der Waals surface area contributed by atoms with Crippen LogP contribution in [-0.2, 0) is 9.59 Å². The molecule has 8 nitrogen and oxygen atoms in total. The van der Waals surface area contributed by atoms with Gasteiger partial charge in [-0.3, -0.25) is 9.59 Å². The number of anilines is 1. The molecule has 4 amide bonds. The van der Waals surface area contributed by atoms with E-state index in [0.717, 1.165) is 17.8 Å². The Kier molecular flexibility index (Phi) is 5.06. The van der Waals surface area contributed by atoms with Crippen LogP contribution in [0.25, 0.3) is 0 Å². The lowest BCUT2D eigenvalue weighted by Crippen LogP contribution is -2.53. The van der Waals surface area contributed by atoms with Gasteiger partial charge in [0, 0.05) is 44.8 Å². The Labute approximate surface area is 146 Å². The summed E-state index contributed by atoms with van der Waals surface area (Å²) in [6, 6.07) is 6.88. The fraction of sp³-hybridized carbons (Fsp3) is 0.471. The summed E-state index contributed by atoms with van der Waals surface area (Å²) in [5.74, 6) is 0.718. The molecule has 2 heterocycles. The number of benzene rings is 1. The van der Waals surface area contributed by atoms with E-state index in [1.165, 1.54) is 0 Å². The molecule has 0 radical (unpaired) electrons. The van der Waals surface area contributed by atoms with Crippen LogP contribution in [0.15, 0.2) is 24.3 Å². The molecule has 2 saturated heterocycles. The fourth-order valence-corrected chi connectivity index (χ4v) is 3.11. The van der Waals surface area contributed by atoms with E-state index < -0.39 is 0 Å². The molecule has 3 rings (SSSR count). The van der Waals surface area contributed by atoms with Gasteiger partial charge in [0.15, 0.2) is 0 Å². The molecule has 134 valence electrons. The van der Waals surface area contributed by atoms with Crippen molar-refractivity contribution in [2.24, 2.45) is 0 Å². The Balaban J connectivity index is 1.55. The second-order valence-electron chi connectivity index (χ2n) is 6.18. The second-order valence-corrected chi connectivity index (χ2v) is 6.18. The Bertz CT molecular complexity index is 641. The summed E-state index contributed by atoms with van der Waals surface area (Å²) in [5.41, 5.74) is 0.794. The Hall–Kier alpha value is -2.77. The van der Waals surface area contributed by atoms with Gasteiger partial charge in [-0.15, -0.1) is 0 Å². The van der Waals surface area contributed by atoms with Crippen molar-refractivity contribution in [2.75, 3.05) is 44.7 Å². The van der Waals surface area contributed by atoms with Crippen molar-refractivity contribution < 1.29 is 19.1 Å². The van der Waals surface area contributed by atoms with Crippen molar-refractivity contribution in [3.8, 4) is 5.75 Å². The summed E-state index contributed by atoms with van der Waals surface area (Å²) in [6.07, 6.45) is 1.09. The second kappa shape index (κ2) is 7.42. The van der Waals surface area contributed by atoms with Gasteiger partial charge in [0.25, 0.3) is 0 Å². The van der Waals surface area contributed by atoms with Crippen molar-refractivity contribution in [1.29, 1.82) is 0 Å². The average Bonchev–Trinajstić information content (AvgIpc) is 3.02. The van der Waals surface area contributed by atoms with Gasteiger partial charge < -0.3 is 24.8 Å². The number of nitrogens with one attached hydrogen (secondary N) is 1. The third-order valence-corrected chi connectivity index (χ3v) is 4.59. The molecule has 1 atom stereocenters. The molecule has 2 aliphatic rings. The SMILES string of the molecule is COc1ccc(N2CC(NC(=O)N3CCN(C=O)CC3)CC2=O)cc1. The van der Waals surface area contributed by atoms with Crippen LogP contribution in [0.4, 0.5) is 10.5 Å². The van der Waals surface area contributed by atoms with Crippen LogP contribution in [0.2, 0.25) is 0 Å². The van der Waals surface area contributed by atoms with Crippen LogP contribution in [0.1, 0.15) is 6.42 Å². The third-order valence-electron chi connectivity index (χ3n) is 4.59. The number of urea groups is 1. The number of nitrogens with zero attached hydrogens (tertiary/aromatic N) is 3. The zero-order valence-corrected chi connectivity index (χ0v) is 14.2. The summed E-state index contributed by atoms with van der Waals surface area (Å²) in [7, 11) is 1.59. The number of rotatable bonds is 4. The van der Waals surface area contributed by atoms with Crippen molar-refractivity contribution in [1.82, 2.24) is 15.1 Å². The van der Waals surface area contributed by atoms with E-state index in [0.29, 0.717) is 32.7 Å². The first-order chi connectivity index (χ1) is 12.1. The van der Waals surface area contributed by atoms with Crippen LogP contribution >= 0.6 is 0 Å². The minimum atomic E-state index is -0.216. The van der Waals surface area contributed by atoms with E-state index in [4.69, 9.17) is 4.74 Å². The van der Waals surface area contributed by atoms with Gasteiger partial charge in [0.05, 0.1) is 13.2 Å². The summed E-state index contributed by atoms with van der Waals surface area (Å²) in [4.78, 5) is 40.3. The maximum atomic E-state index is 12.3. The first kappa shape index (κ1) is 17.1. The monoisotopic (exact) mass is 346 g/mol.